The average molecular weight is 241 g/mol. The van der Waals surface area contributed by atoms with E-state index in [0.717, 1.165) is 10.3 Å². The molecule has 0 N–H and O–H groups in total. The van der Waals surface area contributed by atoms with Crippen LogP contribution in [-0.4, -0.2) is 23.6 Å². The molecule has 0 saturated carbocycles. The van der Waals surface area contributed by atoms with Crippen molar-refractivity contribution < 1.29 is 0 Å². The highest BCUT2D eigenvalue weighted by atomic mass is 79.9. The molecule has 0 aliphatic carbocycles. The summed E-state index contributed by atoms with van der Waals surface area (Å²) in [6, 6.07) is 2.09. The SMILES string of the molecule is CN(CCC#N)c1ncncc1Br. The number of rotatable bonds is 3. The van der Waals surface area contributed by atoms with E-state index in [1.807, 2.05) is 11.9 Å². The second-order valence-corrected chi connectivity index (χ2v) is 3.38. The average Bonchev–Trinajstić information content (AvgIpc) is 2.15. The van der Waals surface area contributed by atoms with Crippen LogP contribution in [-0.2, 0) is 0 Å². The number of aromatic nitrogens is 2. The van der Waals surface area contributed by atoms with Crippen molar-refractivity contribution >= 4 is 21.7 Å². The van der Waals surface area contributed by atoms with Gasteiger partial charge in [-0.05, 0) is 15.9 Å². The molecule has 0 bridgehead atoms. The summed E-state index contributed by atoms with van der Waals surface area (Å²) in [5, 5.41) is 8.41. The van der Waals surface area contributed by atoms with Gasteiger partial charge < -0.3 is 4.90 Å². The normalized spacial score (nSPS) is 9.31. The van der Waals surface area contributed by atoms with Crippen molar-refractivity contribution in [3.8, 4) is 6.07 Å². The lowest BCUT2D eigenvalue weighted by atomic mass is 10.4. The van der Waals surface area contributed by atoms with Gasteiger partial charge >= 0.3 is 0 Å². The fraction of sp³-hybridized carbons (Fsp3) is 0.375. The lowest BCUT2D eigenvalue weighted by Crippen LogP contribution is -2.19. The number of nitriles is 1. The van der Waals surface area contributed by atoms with Gasteiger partial charge in [0, 0.05) is 19.8 Å². The minimum atomic E-state index is 0.493. The summed E-state index contributed by atoms with van der Waals surface area (Å²) in [5.41, 5.74) is 0. The summed E-state index contributed by atoms with van der Waals surface area (Å²) >= 11 is 3.34. The van der Waals surface area contributed by atoms with Crippen LogP contribution in [0.2, 0.25) is 0 Å². The van der Waals surface area contributed by atoms with Crippen LogP contribution in [0.5, 0.6) is 0 Å². The van der Waals surface area contributed by atoms with Crippen molar-refractivity contribution in [2.45, 2.75) is 6.42 Å². The first kappa shape index (κ1) is 9.93. The first-order chi connectivity index (χ1) is 6.25. The molecule has 4 nitrogen and oxygen atoms in total. The molecule has 68 valence electrons. The first-order valence-electron chi connectivity index (χ1n) is 3.79. The number of halogens is 1. The minimum absolute atomic E-state index is 0.493. The van der Waals surface area contributed by atoms with Crippen LogP contribution >= 0.6 is 15.9 Å². The molecule has 0 fully saturated rings. The van der Waals surface area contributed by atoms with E-state index in [1.165, 1.54) is 6.33 Å². The maximum atomic E-state index is 8.41. The fourth-order valence-electron chi connectivity index (χ4n) is 0.911. The summed E-state index contributed by atoms with van der Waals surface area (Å²) in [5.74, 6) is 0.810. The van der Waals surface area contributed by atoms with Gasteiger partial charge in [0.05, 0.1) is 17.0 Å². The molecule has 0 unspecified atom stereocenters. The van der Waals surface area contributed by atoms with Gasteiger partial charge in [-0.25, -0.2) is 9.97 Å². The molecule has 1 aromatic rings. The molecule has 0 radical (unpaired) electrons. The standard InChI is InChI=1S/C8H9BrN4/c1-13(4-2-3-10)8-7(9)5-11-6-12-8/h5-6H,2,4H2,1H3. The minimum Gasteiger partial charge on any atom is -0.358 e. The highest BCUT2D eigenvalue weighted by Crippen LogP contribution is 2.20. The number of nitrogens with zero attached hydrogens (tertiary/aromatic N) is 4. The van der Waals surface area contributed by atoms with Crippen LogP contribution in [0.25, 0.3) is 0 Å². The van der Waals surface area contributed by atoms with Gasteiger partial charge in [0.15, 0.2) is 0 Å². The summed E-state index contributed by atoms with van der Waals surface area (Å²) in [4.78, 5) is 9.86. The Morgan fingerprint density at radius 1 is 1.69 bits per heavy atom. The molecule has 1 aromatic heterocycles. The van der Waals surface area contributed by atoms with Gasteiger partial charge in [-0.2, -0.15) is 5.26 Å². The predicted molar refractivity (Wildman–Crippen MR) is 53.2 cm³/mol. The molecular formula is C8H9BrN4. The van der Waals surface area contributed by atoms with Crippen LogP contribution in [0.15, 0.2) is 17.0 Å². The van der Waals surface area contributed by atoms with Crippen molar-refractivity contribution in [1.29, 1.82) is 5.26 Å². The van der Waals surface area contributed by atoms with Gasteiger partial charge in [-0.1, -0.05) is 0 Å². The zero-order valence-electron chi connectivity index (χ0n) is 7.24. The van der Waals surface area contributed by atoms with E-state index >= 15 is 0 Å². The zero-order valence-corrected chi connectivity index (χ0v) is 8.82. The molecule has 0 aromatic carbocycles. The summed E-state index contributed by atoms with van der Waals surface area (Å²) in [6.07, 6.45) is 3.67. The van der Waals surface area contributed by atoms with Gasteiger partial charge in [-0.15, -0.1) is 0 Å². The molecule has 1 heterocycles. The van der Waals surface area contributed by atoms with E-state index in [1.54, 1.807) is 6.20 Å². The molecule has 0 aliphatic rings. The van der Waals surface area contributed by atoms with Crippen LogP contribution < -0.4 is 4.90 Å². The summed E-state index contributed by atoms with van der Waals surface area (Å²) < 4.78 is 0.843. The third-order valence-corrected chi connectivity index (χ3v) is 2.13. The Morgan fingerprint density at radius 2 is 2.46 bits per heavy atom. The smallest absolute Gasteiger partial charge is 0.146 e. The topological polar surface area (TPSA) is 52.8 Å². The molecule has 0 spiro atoms. The van der Waals surface area contributed by atoms with Gasteiger partial charge in [0.2, 0.25) is 0 Å². The van der Waals surface area contributed by atoms with Gasteiger partial charge in [-0.3, -0.25) is 0 Å². The second-order valence-electron chi connectivity index (χ2n) is 2.52. The van der Waals surface area contributed by atoms with E-state index in [9.17, 15) is 0 Å². The second kappa shape index (κ2) is 4.77. The molecule has 0 aliphatic heterocycles. The molecular weight excluding hydrogens is 232 g/mol. The number of anilines is 1. The van der Waals surface area contributed by atoms with Crippen molar-refractivity contribution in [3.05, 3.63) is 17.0 Å². The Labute approximate surface area is 85.4 Å². The Kier molecular flexibility index (Phi) is 3.65. The highest BCUT2D eigenvalue weighted by molar-refractivity contribution is 9.10. The van der Waals surface area contributed by atoms with E-state index < -0.39 is 0 Å². The third-order valence-electron chi connectivity index (χ3n) is 1.57. The molecule has 5 heteroatoms. The van der Waals surface area contributed by atoms with E-state index in [0.29, 0.717) is 13.0 Å². The molecule has 1 rings (SSSR count). The number of hydrogen-bond acceptors (Lipinski definition) is 4. The van der Waals surface area contributed by atoms with E-state index in [2.05, 4.69) is 32.0 Å². The molecule has 0 atom stereocenters. The summed E-state index contributed by atoms with van der Waals surface area (Å²) in [6.45, 7) is 0.673. The van der Waals surface area contributed by atoms with Crippen molar-refractivity contribution in [3.63, 3.8) is 0 Å². The lowest BCUT2D eigenvalue weighted by Gasteiger charge is -2.16. The largest absolute Gasteiger partial charge is 0.358 e. The Balaban J connectivity index is 2.72. The highest BCUT2D eigenvalue weighted by Gasteiger charge is 2.05. The fourth-order valence-corrected chi connectivity index (χ4v) is 1.43. The van der Waals surface area contributed by atoms with Crippen molar-refractivity contribution in [2.75, 3.05) is 18.5 Å². The van der Waals surface area contributed by atoms with Crippen LogP contribution in [0, 0.1) is 11.3 Å². The van der Waals surface area contributed by atoms with Crippen LogP contribution in [0.1, 0.15) is 6.42 Å². The van der Waals surface area contributed by atoms with Gasteiger partial charge in [0.1, 0.15) is 12.1 Å². The molecule has 0 saturated heterocycles. The molecule has 13 heavy (non-hydrogen) atoms. The van der Waals surface area contributed by atoms with Crippen LogP contribution in [0.3, 0.4) is 0 Å². The quantitative estimate of drug-likeness (QED) is 0.806. The predicted octanol–water partition coefficient (Wildman–Crippen LogP) is 1.59. The van der Waals surface area contributed by atoms with E-state index in [-0.39, 0.29) is 0 Å². The van der Waals surface area contributed by atoms with Crippen LogP contribution in [0.4, 0.5) is 5.82 Å². The maximum absolute atomic E-state index is 8.41. The van der Waals surface area contributed by atoms with Crippen molar-refractivity contribution in [2.24, 2.45) is 0 Å². The number of hydrogen-bond donors (Lipinski definition) is 0. The molecule has 0 amide bonds. The zero-order chi connectivity index (χ0) is 9.68. The lowest BCUT2D eigenvalue weighted by molar-refractivity contribution is 0.875. The van der Waals surface area contributed by atoms with Crippen molar-refractivity contribution in [1.82, 2.24) is 9.97 Å². The monoisotopic (exact) mass is 240 g/mol. The Morgan fingerprint density at radius 3 is 3.08 bits per heavy atom. The Hall–Kier alpha value is -1.15. The maximum Gasteiger partial charge on any atom is 0.146 e. The van der Waals surface area contributed by atoms with Gasteiger partial charge in [0.25, 0.3) is 0 Å². The van der Waals surface area contributed by atoms with E-state index in [4.69, 9.17) is 5.26 Å². The Bertz CT molecular complexity index is 320. The summed E-state index contributed by atoms with van der Waals surface area (Å²) in [7, 11) is 1.89. The first-order valence-corrected chi connectivity index (χ1v) is 4.58. The third kappa shape index (κ3) is 2.67.